The molecule has 0 aliphatic carbocycles. The van der Waals surface area contributed by atoms with Crippen molar-refractivity contribution < 1.29 is 33.3 Å². The standard InChI is InChI=1S/C16H26O3S.Li.H/c1-2-3-4-5-6-7-8-9-10-15-11-13-16(14-12-15)20(17,18)19;;/h11-14H,2-10H2,1H3,(H,17,18,19);;/q;+1;-1. The Balaban J connectivity index is 0. The molecule has 0 saturated heterocycles. The van der Waals surface area contributed by atoms with Crippen LogP contribution in [0.25, 0.3) is 0 Å². The van der Waals surface area contributed by atoms with Crippen LogP contribution in [0.15, 0.2) is 29.2 Å². The summed E-state index contributed by atoms with van der Waals surface area (Å²) < 4.78 is 30.7. The van der Waals surface area contributed by atoms with E-state index in [0.717, 1.165) is 18.4 Å². The van der Waals surface area contributed by atoms with Crippen LogP contribution < -0.4 is 18.9 Å². The fourth-order valence-electron chi connectivity index (χ4n) is 2.29. The first kappa shape index (κ1) is 20.7. The van der Waals surface area contributed by atoms with E-state index in [-0.39, 0.29) is 25.2 Å². The summed E-state index contributed by atoms with van der Waals surface area (Å²) >= 11 is 0. The summed E-state index contributed by atoms with van der Waals surface area (Å²) in [6.07, 6.45) is 11.3. The van der Waals surface area contributed by atoms with Gasteiger partial charge in [-0.05, 0) is 30.5 Å². The summed E-state index contributed by atoms with van der Waals surface area (Å²) in [6.45, 7) is 2.23. The van der Waals surface area contributed by atoms with E-state index in [4.69, 9.17) is 4.55 Å². The first-order valence-electron chi connectivity index (χ1n) is 7.60. The minimum atomic E-state index is -4.06. The predicted octanol–water partition coefficient (Wildman–Crippen LogP) is 1.73. The number of hydrogen-bond acceptors (Lipinski definition) is 2. The van der Waals surface area contributed by atoms with E-state index in [1.807, 2.05) is 0 Å². The van der Waals surface area contributed by atoms with Gasteiger partial charge in [-0.3, -0.25) is 4.55 Å². The molecule has 5 heteroatoms. The Kier molecular flexibility index (Phi) is 11.2. The molecule has 1 rings (SSSR count). The SMILES string of the molecule is CCCCCCCCCCc1ccc(S(=O)(=O)O)cc1.[H-].[Li+]. The molecular formula is C16H27LiO3S. The molecule has 0 unspecified atom stereocenters. The molecule has 0 aliphatic heterocycles. The van der Waals surface area contributed by atoms with Gasteiger partial charge in [0.05, 0.1) is 4.90 Å². The molecule has 0 aromatic heterocycles. The second kappa shape index (κ2) is 11.3. The van der Waals surface area contributed by atoms with E-state index in [1.165, 1.54) is 57.1 Å². The maximum Gasteiger partial charge on any atom is 1.00 e. The molecule has 116 valence electrons. The van der Waals surface area contributed by atoms with Crippen molar-refractivity contribution in [2.75, 3.05) is 0 Å². The Bertz CT molecular complexity index is 475. The molecule has 0 saturated carbocycles. The van der Waals surface area contributed by atoms with Crippen LogP contribution in [0.5, 0.6) is 0 Å². The van der Waals surface area contributed by atoms with E-state index in [9.17, 15) is 8.42 Å². The number of unbranched alkanes of at least 4 members (excludes halogenated alkanes) is 7. The summed E-state index contributed by atoms with van der Waals surface area (Å²) in [4.78, 5) is -0.0304. The number of benzene rings is 1. The van der Waals surface area contributed by atoms with Crippen LogP contribution in [-0.4, -0.2) is 13.0 Å². The van der Waals surface area contributed by atoms with Crippen molar-refractivity contribution in [3.8, 4) is 0 Å². The van der Waals surface area contributed by atoms with Gasteiger partial charge in [0.15, 0.2) is 0 Å². The average molecular weight is 306 g/mol. The summed E-state index contributed by atoms with van der Waals surface area (Å²) in [6, 6.07) is 6.50. The van der Waals surface area contributed by atoms with Crippen LogP contribution in [0.4, 0.5) is 0 Å². The third-order valence-electron chi connectivity index (χ3n) is 3.54. The van der Waals surface area contributed by atoms with E-state index in [2.05, 4.69) is 6.92 Å². The van der Waals surface area contributed by atoms with Gasteiger partial charge in [-0.1, -0.05) is 64.0 Å². The third-order valence-corrected chi connectivity index (χ3v) is 4.41. The molecule has 0 heterocycles. The zero-order valence-corrected chi connectivity index (χ0v) is 14.2. The van der Waals surface area contributed by atoms with Gasteiger partial charge in [-0.25, -0.2) is 0 Å². The van der Waals surface area contributed by atoms with Gasteiger partial charge in [0.1, 0.15) is 0 Å². The van der Waals surface area contributed by atoms with Crippen molar-refractivity contribution in [3.05, 3.63) is 29.8 Å². The Hall–Kier alpha value is -0.273. The smallest absolute Gasteiger partial charge is 1.00 e. The van der Waals surface area contributed by atoms with Crippen molar-refractivity contribution in [1.82, 2.24) is 0 Å². The number of aryl methyl sites for hydroxylation is 1. The van der Waals surface area contributed by atoms with Gasteiger partial charge >= 0.3 is 18.9 Å². The molecule has 21 heavy (non-hydrogen) atoms. The zero-order chi connectivity index (χ0) is 14.8. The topological polar surface area (TPSA) is 54.4 Å². The maximum atomic E-state index is 10.9. The van der Waals surface area contributed by atoms with E-state index >= 15 is 0 Å². The number of rotatable bonds is 10. The van der Waals surface area contributed by atoms with Crippen LogP contribution in [0, 0.1) is 0 Å². The van der Waals surface area contributed by atoms with Gasteiger partial charge in [-0.2, -0.15) is 8.42 Å². The van der Waals surface area contributed by atoms with Crippen molar-refractivity contribution in [1.29, 1.82) is 0 Å². The van der Waals surface area contributed by atoms with Gasteiger partial charge in [-0.15, -0.1) is 0 Å². The monoisotopic (exact) mass is 306 g/mol. The van der Waals surface area contributed by atoms with E-state index in [0.29, 0.717) is 0 Å². The van der Waals surface area contributed by atoms with E-state index < -0.39 is 10.1 Å². The fraction of sp³-hybridized carbons (Fsp3) is 0.625. The normalized spacial score (nSPS) is 11.1. The Morgan fingerprint density at radius 2 is 1.38 bits per heavy atom. The Morgan fingerprint density at radius 1 is 0.905 bits per heavy atom. The summed E-state index contributed by atoms with van der Waals surface area (Å²) in [5.74, 6) is 0. The van der Waals surface area contributed by atoms with Crippen molar-refractivity contribution >= 4 is 10.1 Å². The van der Waals surface area contributed by atoms with Crippen LogP contribution in [0.1, 0.15) is 65.3 Å². The van der Waals surface area contributed by atoms with Crippen LogP contribution in [-0.2, 0) is 16.5 Å². The number of hydrogen-bond donors (Lipinski definition) is 1. The molecule has 0 radical (unpaired) electrons. The first-order chi connectivity index (χ1) is 9.54. The van der Waals surface area contributed by atoms with Gasteiger partial charge in [0.2, 0.25) is 0 Å². The van der Waals surface area contributed by atoms with Gasteiger partial charge in [0.25, 0.3) is 10.1 Å². The van der Waals surface area contributed by atoms with Crippen LogP contribution in [0.3, 0.4) is 0 Å². The summed E-state index contributed by atoms with van der Waals surface area (Å²) in [7, 11) is -4.06. The van der Waals surface area contributed by atoms with Crippen molar-refractivity contribution in [3.63, 3.8) is 0 Å². The molecule has 0 amide bonds. The van der Waals surface area contributed by atoms with Crippen LogP contribution >= 0.6 is 0 Å². The molecule has 1 aromatic carbocycles. The first-order valence-corrected chi connectivity index (χ1v) is 9.04. The molecule has 0 atom stereocenters. The summed E-state index contributed by atoms with van der Waals surface area (Å²) in [5, 5.41) is 0. The Morgan fingerprint density at radius 3 is 1.86 bits per heavy atom. The zero-order valence-electron chi connectivity index (χ0n) is 14.3. The molecule has 0 spiro atoms. The molecule has 0 bridgehead atoms. The fourth-order valence-corrected chi connectivity index (χ4v) is 2.77. The Labute approximate surface area is 142 Å². The second-order valence-corrected chi connectivity index (χ2v) is 6.77. The molecule has 0 fully saturated rings. The van der Waals surface area contributed by atoms with Crippen molar-refractivity contribution in [2.45, 2.75) is 69.6 Å². The van der Waals surface area contributed by atoms with Crippen LogP contribution in [0.2, 0.25) is 0 Å². The molecule has 1 aromatic rings. The third kappa shape index (κ3) is 9.37. The van der Waals surface area contributed by atoms with Crippen molar-refractivity contribution in [2.24, 2.45) is 0 Å². The molecule has 1 N–H and O–H groups in total. The maximum absolute atomic E-state index is 10.9. The molecule has 3 nitrogen and oxygen atoms in total. The quantitative estimate of drug-likeness (QED) is 0.407. The minimum Gasteiger partial charge on any atom is -1.00 e. The van der Waals surface area contributed by atoms with Gasteiger partial charge in [0, 0.05) is 0 Å². The minimum absolute atomic E-state index is 0. The van der Waals surface area contributed by atoms with E-state index in [1.54, 1.807) is 12.1 Å². The average Bonchev–Trinajstić information content (AvgIpc) is 2.41. The molecular weight excluding hydrogens is 279 g/mol. The van der Waals surface area contributed by atoms with Gasteiger partial charge < -0.3 is 1.43 Å². The second-order valence-electron chi connectivity index (χ2n) is 5.34. The molecule has 0 aliphatic rings. The largest absolute Gasteiger partial charge is 1.00 e. The predicted molar refractivity (Wildman–Crippen MR) is 83.7 cm³/mol. The summed E-state index contributed by atoms with van der Waals surface area (Å²) in [5.41, 5.74) is 1.13.